The van der Waals surface area contributed by atoms with Crippen molar-refractivity contribution >= 4 is 17.0 Å². The van der Waals surface area contributed by atoms with E-state index in [1.807, 2.05) is 45.0 Å². The molecule has 0 radical (unpaired) electrons. The van der Waals surface area contributed by atoms with E-state index in [-0.39, 0.29) is 5.82 Å². The smallest absolute Gasteiger partial charge is 0.123 e. The minimum Gasteiger partial charge on any atom is -0.252 e. The third kappa shape index (κ3) is 7.31. The number of aromatic nitrogens is 1. The lowest BCUT2D eigenvalue weighted by Crippen LogP contribution is -1.98. The van der Waals surface area contributed by atoms with Crippen molar-refractivity contribution in [1.29, 1.82) is 0 Å². The molecule has 0 unspecified atom stereocenters. The van der Waals surface area contributed by atoms with Crippen molar-refractivity contribution in [1.82, 2.24) is 4.98 Å². The van der Waals surface area contributed by atoms with Gasteiger partial charge in [-0.25, -0.2) is 4.39 Å². The highest BCUT2D eigenvalue weighted by molar-refractivity contribution is 5.99. The van der Waals surface area contributed by atoms with Crippen LogP contribution in [0.2, 0.25) is 0 Å². The molecule has 3 aromatic rings. The maximum Gasteiger partial charge on any atom is 0.123 e. The number of hydrogen-bond donors (Lipinski definition) is 0. The highest BCUT2D eigenvalue weighted by Gasteiger charge is 2.29. The molecule has 2 aromatic carbocycles. The Kier molecular flexibility index (Phi) is 10.4. The molecule has 0 N–H and O–H groups in total. The van der Waals surface area contributed by atoms with Gasteiger partial charge in [-0.15, -0.1) is 0 Å². The second kappa shape index (κ2) is 13.0. The molecule has 2 aliphatic rings. The van der Waals surface area contributed by atoms with E-state index in [1.54, 1.807) is 0 Å². The van der Waals surface area contributed by atoms with E-state index < -0.39 is 0 Å². The topological polar surface area (TPSA) is 12.9 Å². The van der Waals surface area contributed by atoms with Crippen molar-refractivity contribution in [2.45, 2.75) is 79.1 Å². The Morgan fingerprint density at radius 1 is 0.935 bits per heavy atom. The summed E-state index contributed by atoms with van der Waals surface area (Å²) in [6, 6.07) is 15.0. The molecule has 2 aliphatic carbocycles. The van der Waals surface area contributed by atoms with Gasteiger partial charge >= 0.3 is 0 Å². The maximum absolute atomic E-state index is 13.4. The zero-order valence-electron chi connectivity index (χ0n) is 19.9. The van der Waals surface area contributed by atoms with E-state index in [9.17, 15) is 4.39 Å². The van der Waals surface area contributed by atoms with Gasteiger partial charge in [0.05, 0.1) is 11.2 Å². The van der Waals surface area contributed by atoms with Crippen molar-refractivity contribution in [3.05, 3.63) is 71.7 Å². The number of hydrogen-bond acceptors (Lipinski definition) is 1. The fourth-order valence-corrected chi connectivity index (χ4v) is 3.18. The van der Waals surface area contributed by atoms with Crippen LogP contribution in [0.3, 0.4) is 0 Å². The van der Waals surface area contributed by atoms with Crippen molar-refractivity contribution < 1.29 is 4.39 Å². The van der Waals surface area contributed by atoms with Crippen molar-refractivity contribution in [3.63, 3.8) is 0 Å². The highest BCUT2D eigenvalue weighted by atomic mass is 19.1. The Morgan fingerprint density at radius 3 is 2.03 bits per heavy atom. The molecule has 2 fully saturated rings. The average Bonchev–Trinajstić information content (AvgIpc) is 3.68. The number of nitrogens with zero attached hydrogens (tertiary/aromatic N) is 1. The molecule has 2 heteroatoms. The number of benzene rings is 2. The van der Waals surface area contributed by atoms with Crippen LogP contribution in [0.25, 0.3) is 28.1 Å². The van der Waals surface area contributed by atoms with Gasteiger partial charge in [0.15, 0.2) is 0 Å². The molecular formula is C29H38FN. The summed E-state index contributed by atoms with van der Waals surface area (Å²) in [6.07, 6.45) is 12.4. The van der Waals surface area contributed by atoms with Crippen molar-refractivity contribution in [2.75, 3.05) is 0 Å². The fraction of sp³-hybridized carbons (Fsp3) is 0.414. The lowest BCUT2D eigenvalue weighted by atomic mass is 9.92. The molecular weight excluding hydrogens is 381 g/mol. The Morgan fingerprint density at radius 2 is 1.52 bits per heavy atom. The van der Waals surface area contributed by atoms with Crippen LogP contribution < -0.4 is 0 Å². The summed E-state index contributed by atoms with van der Waals surface area (Å²) in [5.74, 6) is 0.354. The summed E-state index contributed by atoms with van der Waals surface area (Å²) in [6.45, 7) is 10.3. The summed E-state index contributed by atoms with van der Waals surface area (Å²) in [7, 11) is 0. The van der Waals surface area contributed by atoms with Gasteiger partial charge in [0.2, 0.25) is 0 Å². The largest absolute Gasteiger partial charge is 0.252 e. The molecule has 166 valence electrons. The number of rotatable bonds is 3. The second-order valence-corrected chi connectivity index (χ2v) is 7.85. The second-order valence-electron chi connectivity index (χ2n) is 7.85. The number of halogens is 1. The van der Waals surface area contributed by atoms with Gasteiger partial charge in [0, 0.05) is 22.4 Å². The standard InChI is InChI=1S/C21H18FN.C3H6.C3H8.C2H6/c1-2-5-18-20(14-10-12-16(22)13-11-14)17-6-3-4-7-19(17)23-21(18)15-8-9-15;1-2-3-1;1-3-2;1-2/h2-7,10-13,15H,8-9H2,1H3;1-3H2;3H2,1-2H3;1-2H3/b5-2+;;;. The Labute approximate surface area is 188 Å². The molecule has 5 rings (SSSR count). The first kappa shape index (κ1) is 24.8. The molecule has 1 aromatic heterocycles. The third-order valence-electron chi connectivity index (χ3n) is 4.74. The van der Waals surface area contributed by atoms with Crippen molar-refractivity contribution in [2.24, 2.45) is 0 Å². The van der Waals surface area contributed by atoms with Gasteiger partial charge in [-0.3, -0.25) is 4.98 Å². The first-order chi connectivity index (χ1) is 15.2. The molecule has 0 atom stereocenters. The number of allylic oxidation sites excluding steroid dienone is 1. The van der Waals surface area contributed by atoms with Gasteiger partial charge < -0.3 is 0 Å². The molecule has 0 spiro atoms. The Balaban J connectivity index is 0.000000369. The molecule has 1 nitrogen and oxygen atoms in total. The van der Waals surface area contributed by atoms with Gasteiger partial charge in [-0.05, 0) is 43.5 Å². The first-order valence-electron chi connectivity index (χ1n) is 12.0. The van der Waals surface area contributed by atoms with Crippen LogP contribution in [0.4, 0.5) is 4.39 Å². The third-order valence-corrected chi connectivity index (χ3v) is 4.74. The van der Waals surface area contributed by atoms with Crippen LogP contribution in [0.1, 0.15) is 90.3 Å². The molecule has 0 bridgehead atoms. The van der Waals surface area contributed by atoms with Crippen LogP contribution in [0.5, 0.6) is 0 Å². The van der Waals surface area contributed by atoms with E-state index in [1.165, 1.54) is 61.9 Å². The number of para-hydroxylation sites is 1. The van der Waals surface area contributed by atoms with Crippen LogP contribution in [-0.4, -0.2) is 4.98 Å². The van der Waals surface area contributed by atoms with Crippen LogP contribution in [0, 0.1) is 5.82 Å². The van der Waals surface area contributed by atoms with Crippen molar-refractivity contribution in [3.8, 4) is 11.1 Å². The van der Waals surface area contributed by atoms with Gasteiger partial charge in [0.1, 0.15) is 5.82 Å². The first-order valence-corrected chi connectivity index (χ1v) is 12.0. The Bertz CT molecular complexity index is 948. The average molecular weight is 420 g/mol. The summed E-state index contributed by atoms with van der Waals surface area (Å²) in [5, 5.41) is 1.12. The number of fused-ring (bicyclic) bond motifs is 1. The predicted molar refractivity (Wildman–Crippen MR) is 135 cm³/mol. The Hall–Kier alpha value is -2.48. The van der Waals surface area contributed by atoms with E-state index >= 15 is 0 Å². The normalized spacial score (nSPS) is 14.0. The molecule has 0 saturated heterocycles. The molecule has 1 heterocycles. The lowest BCUT2D eigenvalue weighted by molar-refractivity contribution is 0.628. The van der Waals surface area contributed by atoms with E-state index in [0.717, 1.165) is 22.0 Å². The summed E-state index contributed by atoms with van der Waals surface area (Å²) >= 11 is 0. The minimum atomic E-state index is -0.206. The minimum absolute atomic E-state index is 0.206. The van der Waals surface area contributed by atoms with Gasteiger partial charge in [-0.1, -0.05) is 95.9 Å². The zero-order chi connectivity index (χ0) is 22.6. The highest BCUT2D eigenvalue weighted by Crippen LogP contribution is 2.45. The van der Waals surface area contributed by atoms with Crippen LogP contribution >= 0.6 is 0 Å². The van der Waals surface area contributed by atoms with Crippen LogP contribution in [-0.2, 0) is 0 Å². The van der Waals surface area contributed by atoms with E-state index in [4.69, 9.17) is 4.98 Å². The van der Waals surface area contributed by atoms with E-state index in [0.29, 0.717) is 5.92 Å². The summed E-state index contributed by atoms with van der Waals surface area (Å²) in [4.78, 5) is 4.93. The summed E-state index contributed by atoms with van der Waals surface area (Å²) in [5.41, 5.74) is 5.58. The molecule has 2 saturated carbocycles. The zero-order valence-corrected chi connectivity index (χ0v) is 19.9. The SMILES string of the molecule is C/C=C/c1c(C2CC2)nc2ccccc2c1-c1ccc(F)cc1.C1CC1.CC.CCC. The summed E-state index contributed by atoms with van der Waals surface area (Å²) < 4.78 is 13.4. The lowest BCUT2D eigenvalue weighted by Gasteiger charge is -2.15. The maximum atomic E-state index is 13.4. The predicted octanol–water partition coefficient (Wildman–Crippen LogP) is 9.56. The molecule has 0 amide bonds. The van der Waals surface area contributed by atoms with E-state index in [2.05, 4.69) is 38.1 Å². The number of pyridine rings is 1. The fourth-order valence-electron chi connectivity index (χ4n) is 3.18. The molecule has 0 aliphatic heterocycles. The van der Waals surface area contributed by atoms with Gasteiger partial charge in [0.25, 0.3) is 0 Å². The van der Waals surface area contributed by atoms with Crippen LogP contribution in [0.15, 0.2) is 54.6 Å². The monoisotopic (exact) mass is 419 g/mol. The quantitative estimate of drug-likeness (QED) is 0.412. The van der Waals surface area contributed by atoms with Gasteiger partial charge in [-0.2, -0.15) is 0 Å². The molecule has 31 heavy (non-hydrogen) atoms.